The summed E-state index contributed by atoms with van der Waals surface area (Å²) in [7, 11) is 1.51. The van der Waals surface area contributed by atoms with E-state index in [9.17, 15) is 14.7 Å². The third-order valence-electron chi connectivity index (χ3n) is 4.52. The molecule has 0 saturated carbocycles. The van der Waals surface area contributed by atoms with Crippen LogP contribution in [-0.4, -0.2) is 36.7 Å². The van der Waals surface area contributed by atoms with Gasteiger partial charge in [-0.25, -0.2) is 4.79 Å². The number of nitrogens with two attached hydrogens (primary N) is 2. The van der Waals surface area contributed by atoms with Crippen molar-refractivity contribution in [3.8, 4) is 11.5 Å². The van der Waals surface area contributed by atoms with Crippen molar-refractivity contribution in [2.24, 2.45) is 11.6 Å². The molecular formula is C23H27N3O6. The molecule has 1 unspecified atom stereocenters. The lowest BCUT2D eigenvalue weighted by Gasteiger charge is -2.16. The first-order valence-electron chi connectivity index (χ1n) is 9.71. The van der Waals surface area contributed by atoms with Gasteiger partial charge in [0.2, 0.25) is 5.91 Å². The normalized spacial score (nSPS) is 12.7. The molecule has 0 aromatic heterocycles. The summed E-state index contributed by atoms with van der Waals surface area (Å²) in [5, 5.41) is 12.4. The fourth-order valence-electron chi connectivity index (χ4n) is 2.81. The maximum Gasteiger partial charge on any atom is 0.358 e. The number of hydrogen-bond donors (Lipinski definition) is 4. The summed E-state index contributed by atoms with van der Waals surface area (Å²) in [4.78, 5) is 28.3. The van der Waals surface area contributed by atoms with Crippen LogP contribution in [0.15, 0.2) is 59.9 Å². The summed E-state index contributed by atoms with van der Waals surface area (Å²) in [5.41, 5.74) is 7.49. The zero-order valence-electron chi connectivity index (χ0n) is 18.1. The number of aliphatic hydroxyl groups is 1. The highest BCUT2D eigenvalue weighted by Gasteiger charge is 2.13. The van der Waals surface area contributed by atoms with Crippen LogP contribution in [0.4, 0.5) is 5.69 Å². The molecule has 0 aliphatic rings. The van der Waals surface area contributed by atoms with Gasteiger partial charge >= 0.3 is 5.97 Å². The zero-order chi connectivity index (χ0) is 23.7. The third kappa shape index (κ3) is 6.59. The maximum atomic E-state index is 12.3. The van der Waals surface area contributed by atoms with Crippen molar-refractivity contribution >= 4 is 23.6 Å². The summed E-state index contributed by atoms with van der Waals surface area (Å²) < 4.78 is 11.1. The molecule has 0 fully saturated rings. The quantitative estimate of drug-likeness (QED) is 0.264. The second-order valence-electron chi connectivity index (χ2n) is 6.87. The van der Waals surface area contributed by atoms with Crippen molar-refractivity contribution in [1.29, 1.82) is 0 Å². The van der Waals surface area contributed by atoms with Crippen LogP contribution < -0.4 is 26.4 Å². The molecule has 2 aromatic carbocycles. The van der Waals surface area contributed by atoms with Crippen LogP contribution in [0, 0.1) is 0 Å². The minimum Gasteiger partial charge on any atom is -0.512 e. The van der Waals surface area contributed by atoms with E-state index in [1.54, 1.807) is 56.3 Å². The van der Waals surface area contributed by atoms with Gasteiger partial charge < -0.3 is 30.5 Å². The highest BCUT2D eigenvalue weighted by molar-refractivity contribution is 6.06. The molecule has 0 radical (unpaired) electrons. The van der Waals surface area contributed by atoms with Crippen LogP contribution >= 0.6 is 0 Å². The van der Waals surface area contributed by atoms with Gasteiger partial charge in [0.25, 0.3) is 0 Å². The molecule has 0 aliphatic heterocycles. The Morgan fingerprint density at radius 1 is 1.19 bits per heavy atom. The number of carbonyl (C=O) groups excluding carboxylic acids is 2. The molecule has 9 nitrogen and oxygen atoms in total. The average molecular weight is 441 g/mol. The number of carbonyl (C=O) groups is 2. The van der Waals surface area contributed by atoms with Gasteiger partial charge in [0.05, 0.1) is 24.1 Å². The molecule has 0 aliphatic carbocycles. The largest absolute Gasteiger partial charge is 0.512 e. The third-order valence-corrected chi connectivity index (χ3v) is 4.52. The van der Waals surface area contributed by atoms with Gasteiger partial charge in [0, 0.05) is 17.7 Å². The standard InChI is InChI=1S/C23H27N3O6/c1-14(24)18(15(2)27)13-31-21-12-16(8-10-20(21)30-3)9-11-22(28)26-19-7-5-4-6-17(19)23(29)32-25/h4-12,14,27H,13,24-25H2,1-3H3,(H,26,28)/b11-9+,18-15-. The van der Waals surface area contributed by atoms with Crippen LogP contribution in [0.1, 0.15) is 29.8 Å². The molecule has 1 atom stereocenters. The fourth-order valence-corrected chi connectivity index (χ4v) is 2.81. The topological polar surface area (TPSA) is 146 Å². The number of para-hydroxylation sites is 1. The van der Waals surface area contributed by atoms with E-state index in [1.807, 2.05) is 0 Å². The number of nitrogens with one attached hydrogen (secondary N) is 1. The van der Waals surface area contributed by atoms with E-state index in [2.05, 4.69) is 10.2 Å². The number of benzene rings is 2. The predicted octanol–water partition coefficient (Wildman–Crippen LogP) is 2.94. The summed E-state index contributed by atoms with van der Waals surface area (Å²) in [5.74, 6) is 4.72. The zero-order valence-corrected chi connectivity index (χ0v) is 18.1. The minimum atomic E-state index is -0.764. The van der Waals surface area contributed by atoms with Crippen molar-refractivity contribution in [3.05, 3.63) is 71.0 Å². The fraction of sp³-hybridized carbons (Fsp3) is 0.217. The van der Waals surface area contributed by atoms with Crippen molar-refractivity contribution in [3.63, 3.8) is 0 Å². The number of allylic oxidation sites excluding steroid dienone is 1. The lowest BCUT2D eigenvalue weighted by Crippen LogP contribution is -2.24. The Hall–Kier alpha value is -3.82. The van der Waals surface area contributed by atoms with E-state index in [0.29, 0.717) is 22.6 Å². The molecule has 0 heterocycles. The Morgan fingerprint density at radius 2 is 1.91 bits per heavy atom. The van der Waals surface area contributed by atoms with Crippen LogP contribution in [0.5, 0.6) is 11.5 Å². The highest BCUT2D eigenvalue weighted by Crippen LogP contribution is 2.29. The Balaban J connectivity index is 2.16. The molecule has 9 heteroatoms. The smallest absolute Gasteiger partial charge is 0.358 e. The van der Waals surface area contributed by atoms with E-state index in [0.717, 1.165) is 0 Å². The first-order chi connectivity index (χ1) is 15.3. The highest BCUT2D eigenvalue weighted by atomic mass is 16.7. The van der Waals surface area contributed by atoms with E-state index < -0.39 is 11.9 Å². The van der Waals surface area contributed by atoms with Crippen molar-refractivity contribution in [1.82, 2.24) is 0 Å². The summed E-state index contributed by atoms with van der Waals surface area (Å²) in [6.45, 7) is 3.37. The Kier molecular flexibility index (Phi) is 8.82. The van der Waals surface area contributed by atoms with Gasteiger partial charge in [0.15, 0.2) is 11.5 Å². The molecule has 2 rings (SSSR count). The first-order valence-corrected chi connectivity index (χ1v) is 9.71. The number of hydrogen-bond acceptors (Lipinski definition) is 8. The molecule has 0 spiro atoms. The summed E-state index contributed by atoms with van der Waals surface area (Å²) >= 11 is 0. The van der Waals surface area contributed by atoms with Crippen molar-refractivity contribution in [2.45, 2.75) is 19.9 Å². The van der Waals surface area contributed by atoms with Gasteiger partial charge in [-0.3, -0.25) is 4.79 Å². The van der Waals surface area contributed by atoms with E-state index in [-0.39, 0.29) is 29.7 Å². The Labute approximate surface area is 186 Å². The molecule has 0 saturated heterocycles. The maximum absolute atomic E-state index is 12.3. The van der Waals surface area contributed by atoms with Gasteiger partial charge in [-0.05, 0) is 49.8 Å². The molecule has 1 amide bonds. The lowest BCUT2D eigenvalue weighted by molar-refractivity contribution is -0.111. The van der Waals surface area contributed by atoms with Crippen molar-refractivity contribution in [2.75, 3.05) is 19.0 Å². The van der Waals surface area contributed by atoms with Crippen LogP contribution in [-0.2, 0) is 9.63 Å². The number of methoxy groups -OCH3 is 1. The van der Waals surface area contributed by atoms with Gasteiger partial charge in [-0.2, -0.15) is 5.90 Å². The van der Waals surface area contributed by atoms with Crippen LogP contribution in [0.25, 0.3) is 6.08 Å². The number of ether oxygens (including phenoxy) is 2. The lowest BCUT2D eigenvalue weighted by atomic mass is 10.1. The van der Waals surface area contributed by atoms with Gasteiger partial charge in [-0.15, -0.1) is 0 Å². The Morgan fingerprint density at radius 3 is 2.53 bits per heavy atom. The first kappa shape index (κ1) is 24.4. The molecular weight excluding hydrogens is 414 g/mol. The monoisotopic (exact) mass is 441 g/mol. The number of rotatable bonds is 9. The van der Waals surface area contributed by atoms with Crippen LogP contribution in [0.2, 0.25) is 0 Å². The predicted molar refractivity (Wildman–Crippen MR) is 121 cm³/mol. The van der Waals surface area contributed by atoms with E-state index in [1.165, 1.54) is 19.3 Å². The van der Waals surface area contributed by atoms with Gasteiger partial charge in [0.1, 0.15) is 6.61 Å². The Bertz CT molecular complexity index is 1030. The summed E-state index contributed by atoms with van der Waals surface area (Å²) in [6.07, 6.45) is 2.88. The number of aliphatic hydroxyl groups excluding tert-OH is 1. The van der Waals surface area contributed by atoms with E-state index >= 15 is 0 Å². The number of anilines is 1. The van der Waals surface area contributed by atoms with Crippen LogP contribution in [0.3, 0.4) is 0 Å². The second kappa shape index (κ2) is 11.5. The van der Waals surface area contributed by atoms with E-state index in [4.69, 9.17) is 21.1 Å². The number of amides is 1. The van der Waals surface area contributed by atoms with Crippen molar-refractivity contribution < 1.29 is 29.0 Å². The second-order valence-corrected chi connectivity index (χ2v) is 6.87. The summed E-state index contributed by atoms with van der Waals surface area (Å²) in [6, 6.07) is 11.1. The molecule has 32 heavy (non-hydrogen) atoms. The minimum absolute atomic E-state index is 0.0814. The molecule has 170 valence electrons. The SMILES string of the molecule is COc1ccc(/C=C/C(=O)Nc2ccccc2C(=O)ON)cc1OC/C(=C(\C)O)C(C)N. The molecule has 6 N–H and O–H groups in total. The van der Waals surface area contributed by atoms with Gasteiger partial charge in [-0.1, -0.05) is 18.2 Å². The average Bonchev–Trinajstić information content (AvgIpc) is 2.77. The molecule has 2 aromatic rings. The molecule has 0 bridgehead atoms.